The molecule has 1 aliphatic rings. The highest BCUT2D eigenvalue weighted by atomic mass is 19.1. The van der Waals surface area contributed by atoms with Crippen LogP contribution in [0.2, 0.25) is 0 Å². The summed E-state index contributed by atoms with van der Waals surface area (Å²) in [4.78, 5) is 26.9. The maximum atomic E-state index is 13.6. The molecule has 1 N–H and O–H groups in total. The number of methoxy groups -OCH3 is 1. The number of amides is 3. The fourth-order valence-electron chi connectivity index (χ4n) is 2.25. The zero-order chi connectivity index (χ0) is 16.8. The molecule has 0 aromatic heterocycles. The van der Waals surface area contributed by atoms with Crippen LogP contribution < -0.4 is 10.1 Å². The largest absolute Gasteiger partial charge is 0.494 e. The molecule has 7 nitrogen and oxygen atoms in total. The Kier molecular flexibility index (Phi) is 5.61. The van der Waals surface area contributed by atoms with Crippen molar-refractivity contribution in [2.24, 2.45) is 0 Å². The molecule has 1 aromatic carbocycles. The van der Waals surface area contributed by atoms with Crippen LogP contribution in [0.5, 0.6) is 5.75 Å². The highest BCUT2D eigenvalue weighted by Gasteiger charge is 2.24. The minimum Gasteiger partial charge on any atom is -0.494 e. The first-order valence-electron chi connectivity index (χ1n) is 7.36. The van der Waals surface area contributed by atoms with Crippen LogP contribution in [0.15, 0.2) is 18.2 Å². The number of benzene rings is 1. The van der Waals surface area contributed by atoms with Crippen molar-refractivity contribution in [3.8, 4) is 5.75 Å². The molecular formula is C15H20FN3O4. The molecule has 1 aromatic rings. The second-order valence-corrected chi connectivity index (χ2v) is 4.95. The Morgan fingerprint density at radius 3 is 2.43 bits per heavy atom. The highest BCUT2D eigenvalue weighted by molar-refractivity contribution is 5.89. The van der Waals surface area contributed by atoms with Gasteiger partial charge in [-0.1, -0.05) is 0 Å². The third kappa shape index (κ3) is 4.24. The molecule has 0 unspecified atom stereocenters. The maximum Gasteiger partial charge on any atom is 0.409 e. The second kappa shape index (κ2) is 7.66. The Bertz CT molecular complexity index is 574. The van der Waals surface area contributed by atoms with Gasteiger partial charge in [0, 0.05) is 37.9 Å². The average molecular weight is 325 g/mol. The third-order valence-corrected chi connectivity index (χ3v) is 3.50. The van der Waals surface area contributed by atoms with Gasteiger partial charge in [0.1, 0.15) is 0 Å². The van der Waals surface area contributed by atoms with E-state index in [4.69, 9.17) is 9.47 Å². The van der Waals surface area contributed by atoms with E-state index in [0.29, 0.717) is 38.5 Å². The number of carbonyl (C=O) groups excluding carboxylic acids is 2. The van der Waals surface area contributed by atoms with Gasteiger partial charge in [-0.25, -0.2) is 14.0 Å². The lowest BCUT2D eigenvalue weighted by molar-refractivity contribution is 0.0868. The molecule has 0 saturated carbocycles. The van der Waals surface area contributed by atoms with Crippen molar-refractivity contribution in [2.45, 2.75) is 6.92 Å². The number of hydrogen-bond acceptors (Lipinski definition) is 4. The van der Waals surface area contributed by atoms with Crippen LogP contribution >= 0.6 is 0 Å². The summed E-state index contributed by atoms with van der Waals surface area (Å²) < 4.78 is 23.4. The topological polar surface area (TPSA) is 71.1 Å². The first-order valence-corrected chi connectivity index (χ1v) is 7.36. The van der Waals surface area contributed by atoms with Crippen LogP contribution in [0.3, 0.4) is 0 Å². The van der Waals surface area contributed by atoms with Crippen molar-refractivity contribution in [2.75, 3.05) is 45.2 Å². The first kappa shape index (κ1) is 16.9. The Morgan fingerprint density at radius 1 is 1.22 bits per heavy atom. The number of piperazine rings is 1. The Hall–Kier alpha value is -2.51. The van der Waals surface area contributed by atoms with Crippen LogP contribution in [0, 0.1) is 5.82 Å². The molecule has 0 radical (unpaired) electrons. The maximum absolute atomic E-state index is 13.6. The number of urea groups is 1. The van der Waals surface area contributed by atoms with Crippen molar-refractivity contribution < 1.29 is 23.5 Å². The summed E-state index contributed by atoms with van der Waals surface area (Å²) in [6.07, 6.45) is -0.371. The van der Waals surface area contributed by atoms with E-state index in [1.54, 1.807) is 22.8 Å². The standard InChI is InChI=1S/C15H20FN3O4/c1-3-23-15(21)19-8-6-18(7-9-19)14(20)17-11-4-5-13(22-2)12(16)10-11/h4-5,10H,3,6-9H2,1-2H3,(H,17,20). The molecule has 1 heterocycles. The van der Waals surface area contributed by atoms with Gasteiger partial charge in [0.15, 0.2) is 11.6 Å². The molecule has 3 amide bonds. The molecule has 0 atom stereocenters. The molecule has 126 valence electrons. The smallest absolute Gasteiger partial charge is 0.409 e. The number of hydrogen-bond donors (Lipinski definition) is 1. The van der Waals surface area contributed by atoms with Crippen LogP contribution in [0.25, 0.3) is 0 Å². The number of carbonyl (C=O) groups is 2. The van der Waals surface area contributed by atoms with Crippen molar-refractivity contribution in [3.05, 3.63) is 24.0 Å². The van der Waals surface area contributed by atoms with E-state index in [1.165, 1.54) is 19.2 Å². The fraction of sp³-hybridized carbons (Fsp3) is 0.467. The van der Waals surface area contributed by atoms with E-state index in [1.807, 2.05) is 0 Å². The summed E-state index contributed by atoms with van der Waals surface area (Å²) in [7, 11) is 1.37. The zero-order valence-electron chi connectivity index (χ0n) is 13.2. The SMILES string of the molecule is CCOC(=O)N1CCN(C(=O)Nc2ccc(OC)c(F)c2)CC1. The summed E-state index contributed by atoms with van der Waals surface area (Å²) in [6.45, 7) is 3.66. The van der Waals surface area contributed by atoms with Crippen LogP contribution in [0.4, 0.5) is 19.7 Å². The minimum atomic E-state index is -0.544. The Morgan fingerprint density at radius 2 is 1.87 bits per heavy atom. The summed E-state index contributed by atoms with van der Waals surface area (Å²) in [5, 5.41) is 2.63. The molecule has 1 saturated heterocycles. The summed E-state index contributed by atoms with van der Waals surface area (Å²) >= 11 is 0. The monoisotopic (exact) mass is 325 g/mol. The van der Waals surface area contributed by atoms with Gasteiger partial charge in [-0.3, -0.25) is 0 Å². The predicted molar refractivity (Wildman–Crippen MR) is 82.1 cm³/mol. The van der Waals surface area contributed by atoms with Gasteiger partial charge >= 0.3 is 12.1 Å². The van der Waals surface area contributed by atoms with Gasteiger partial charge in [-0.2, -0.15) is 0 Å². The van der Waals surface area contributed by atoms with E-state index >= 15 is 0 Å². The van der Waals surface area contributed by atoms with Crippen molar-refractivity contribution >= 4 is 17.8 Å². The molecule has 2 rings (SSSR count). The minimum absolute atomic E-state index is 0.117. The molecule has 23 heavy (non-hydrogen) atoms. The molecular weight excluding hydrogens is 305 g/mol. The number of halogens is 1. The van der Waals surface area contributed by atoms with E-state index < -0.39 is 5.82 Å². The molecule has 1 fully saturated rings. The van der Waals surface area contributed by atoms with E-state index in [0.717, 1.165) is 0 Å². The average Bonchev–Trinajstić information content (AvgIpc) is 2.55. The van der Waals surface area contributed by atoms with Gasteiger partial charge in [0.25, 0.3) is 0 Å². The molecule has 8 heteroatoms. The van der Waals surface area contributed by atoms with Crippen LogP contribution in [-0.2, 0) is 4.74 Å². The second-order valence-electron chi connectivity index (χ2n) is 4.95. The Labute approximate surface area is 133 Å². The van der Waals surface area contributed by atoms with Gasteiger partial charge < -0.3 is 24.6 Å². The molecule has 0 aliphatic carbocycles. The van der Waals surface area contributed by atoms with Gasteiger partial charge in [0.2, 0.25) is 0 Å². The van der Waals surface area contributed by atoms with Crippen LogP contribution in [-0.4, -0.2) is 61.8 Å². The number of rotatable bonds is 3. The predicted octanol–water partition coefficient (Wildman–Crippen LogP) is 2.14. The summed E-state index contributed by atoms with van der Waals surface area (Å²) in [6, 6.07) is 3.88. The molecule has 0 bridgehead atoms. The van der Waals surface area contributed by atoms with Gasteiger partial charge in [-0.15, -0.1) is 0 Å². The van der Waals surface area contributed by atoms with Gasteiger partial charge in [0.05, 0.1) is 13.7 Å². The molecule has 1 aliphatic heterocycles. The Balaban J connectivity index is 1.88. The van der Waals surface area contributed by atoms with E-state index in [2.05, 4.69) is 5.32 Å². The van der Waals surface area contributed by atoms with Crippen molar-refractivity contribution in [1.82, 2.24) is 9.80 Å². The number of nitrogens with zero attached hydrogens (tertiary/aromatic N) is 2. The lowest BCUT2D eigenvalue weighted by Gasteiger charge is -2.34. The summed E-state index contributed by atoms with van der Waals surface area (Å²) in [5.41, 5.74) is 0.348. The van der Waals surface area contributed by atoms with E-state index in [9.17, 15) is 14.0 Å². The lowest BCUT2D eigenvalue weighted by atomic mass is 10.3. The molecule has 0 spiro atoms. The fourth-order valence-corrected chi connectivity index (χ4v) is 2.25. The van der Waals surface area contributed by atoms with Crippen molar-refractivity contribution in [3.63, 3.8) is 0 Å². The highest BCUT2D eigenvalue weighted by Crippen LogP contribution is 2.21. The van der Waals surface area contributed by atoms with Crippen LogP contribution in [0.1, 0.15) is 6.92 Å². The third-order valence-electron chi connectivity index (χ3n) is 3.50. The van der Waals surface area contributed by atoms with Crippen molar-refractivity contribution in [1.29, 1.82) is 0 Å². The number of nitrogens with one attached hydrogen (secondary N) is 1. The first-order chi connectivity index (χ1) is 11.0. The lowest BCUT2D eigenvalue weighted by Crippen LogP contribution is -2.51. The zero-order valence-corrected chi connectivity index (χ0v) is 13.2. The van der Waals surface area contributed by atoms with Gasteiger partial charge in [-0.05, 0) is 19.1 Å². The number of ether oxygens (including phenoxy) is 2. The summed E-state index contributed by atoms with van der Waals surface area (Å²) in [5.74, 6) is -0.427. The number of anilines is 1. The van der Waals surface area contributed by atoms with E-state index in [-0.39, 0.29) is 17.9 Å². The quantitative estimate of drug-likeness (QED) is 0.924. The normalized spacial score (nSPS) is 14.4.